The number of para-hydroxylation sites is 1. The van der Waals surface area contributed by atoms with Crippen LogP contribution in [0.5, 0.6) is 0 Å². The molecule has 0 aliphatic carbocycles. The number of nitrogens with zero attached hydrogens (tertiary/aromatic N) is 1. The Balaban J connectivity index is 1.58. The van der Waals surface area contributed by atoms with Crippen LogP contribution in [0.2, 0.25) is 0 Å². The number of sulfone groups is 1. The largest absolute Gasteiger partial charge is 0.350 e. The van der Waals surface area contributed by atoms with E-state index in [4.69, 9.17) is 0 Å². The van der Waals surface area contributed by atoms with E-state index in [-0.39, 0.29) is 17.4 Å². The van der Waals surface area contributed by atoms with Crippen LogP contribution in [-0.4, -0.2) is 36.4 Å². The van der Waals surface area contributed by atoms with E-state index < -0.39 is 15.4 Å². The third-order valence-electron chi connectivity index (χ3n) is 3.85. The van der Waals surface area contributed by atoms with Crippen LogP contribution in [0.1, 0.15) is 24.8 Å². The van der Waals surface area contributed by atoms with Crippen molar-refractivity contribution in [2.45, 2.75) is 31.7 Å². The summed E-state index contributed by atoms with van der Waals surface area (Å²) in [5.74, 6) is 0.0768. The van der Waals surface area contributed by atoms with Gasteiger partial charge in [-0.05, 0) is 25.5 Å². The van der Waals surface area contributed by atoms with Gasteiger partial charge in [-0.1, -0.05) is 12.1 Å². The molecule has 1 aromatic heterocycles. The number of aryl methyl sites for hydroxylation is 1. The highest BCUT2D eigenvalue weighted by molar-refractivity contribution is 7.91. The molecule has 3 rings (SSSR count). The Morgan fingerprint density at radius 3 is 2.86 bits per heavy atom. The molecule has 1 aliphatic rings. The van der Waals surface area contributed by atoms with Gasteiger partial charge in [0.1, 0.15) is 0 Å². The summed E-state index contributed by atoms with van der Waals surface area (Å²) in [6, 6.07) is 7.89. The summed E-state index contributed by atoms with van der Waals surface area (Å²) < 4.78 is 24.2. The Morgan fingerprint density at radius 2 is 2.18 bits per heavy atom. The zero-order valence-electron chi connectivity index (χ0n) is 12.3. The second-order valence-electron chi connectivity index (χ2n) is 6.03. The first kappa shape index (κ1) is 15.4. The first-order chi connectivity index (χ1) is 10.4. The molecule has 1 atom stereocenters. The number of rotatable bonds is 4. The Bertz CT molecular complexity index is 780. The lowest BCUT2D eigenvalue weighted by atomic mass is 10.0. The molecule has 7 heteroatoms. The number of carbonyl (C=O) groups excluding carboxylic acids is 1. The van der Waals surface area contributed by atoms with Gasteiger partial charge in [-0.3, -0.25) is 4.79 Å². The van der Waals surface area contributed by atoms with E-state index in [1.807, 2.05) is 24.3 Å². The van der Waals surface area contributed by atoms with Gasteiger partial charge >= 0.3 is 0 Å². The van der Waals surface area contributed by atoms with E-state index in [9.17, 15) is 13.2 Å². The molecule has 1 unspecified atom stereocenters. The minimum absolute atomic E-state index is 0.0346. The molecule has 1 aromatic carbocycles. The third kappa shape index (κ3) is 3.47. The number of hydrogen-bond donors (Lipinski definition) is 1. The molecule has 2 aromatic rings. The third-order valence-corrected chi connectivity index (χ3v) is 6.85. The lowest BCUT2D eigenvalue weighted by Crippen LogP contribution is -2.47. The van der Waals surface area contributed by atoms with Crippen LogP contribution in [0.25, 0.3) is 10.2 Å². The number of carbonyl (C=O) groups is 1. The predicted octanol–water partition coefficient (Wildman–Crippen LogP) is 1.92. The molecular weight excluding hydrogens is 320 g/mol. The van der Waals surface area contributed by atoms with Crippen LogP contribution in [0, 0.1) is 0 Å². The molecule has 1 N–H and O–H groups in total. The van der Waals surface area contributed by atoms with Gasteiger partial charge in [0.15, 0.2) is 9.84 Å². The summed E-state index contributed by atoms with van der Waals surface area (Å²) >= 11 is 1.59. The Kier molecular flexibility index (Phi) is 3.94. The van der Waals surface area contributed by atoms with E-state index in [1.165, 1.54) is 0 Å². The second-order valence-corrected chi connectivity index (χ2v) is 9.33. The van der Waals surface area contributed by atoms with Gasteiger partial charge in [0.05, 0.1) is 32.3 Å². The Labute approximate surface area is 133 Å². The van der Waals surface area contributed by atoms with Crippen molar-refractivity contribution in [3.8, 4) is 0 Å². The zero-order chi connectivity index (χ0) is 15.8. The van der Waals surface area contributed by atoms with Crippen molar-refractivity contribution in [3.05, 3.63) is 29.3 Å². The highest BCUT2D eigenvalue weighted by Gasteiger charge is 2.39. The monoisotopic (exact) mass is 338 g/mol. The Morgan fingerprint density at radius 1 is 1.41 bits per heavy atom. The van der Waals surface area contributed by atoms with E-state index in [0.29, 0.717) is 19.3 Å². The fraction of sp³-hybridized carbons (Fsp3) is 0.467. The maximum absolute atomic E-state index is 12.1. The topological polar surface area (TPSA) is 76.1 Å². The van der Waals surface area contributed by atoms with Crippen molar-refractivity contribution in [2.24, 2.45) is 0 Å². The Hall–Kier alpha value is -1.47. The number of thiazole rings is 1. The zero-order valence-corrected chi connectivity index (χ0v) is 14.0. The van der Waals surface area contributed by atoms with Gasteiger partial charge in [0, 0.05) is 12.8 Å². The summed E-state index contributed by atoms with van der Waals surface area (Å²) in [7, 11) is -3.01. The molecule has 5 nitrogen and oxygen atoms in total. The van der Waals surface area contributed by atoms with Crippen LogP contribution in [-0.2, 0) is 21.1 Å². The summed E-state index contributed by atoms with van der Waals surface area (Å²) in [6.45, 7) is 1.80. The highest BCUT2D eigenvalue weighted by atomic mass is 32.2. The molecule has 22 heavy (non-hydrogen) atoms. The van der Waals surface area contributed by atoms with Crippen molar-refractivity contribution in [3.63, 3.8) is 0 Å². The number of benzene rings is 1. The summed E-state index contributed by atoms with van der Waals surface area (Å²) in [4.78, 5) is 16.6. The average Bonchev–Trinajstić information content (AvgIpc) is 2.96. The van der Waals surface area contributed by atoms with Crippen molar-refractivity contribution < 1.29 is 13.2 Å². The minimum Gasteiger partial charge on any atom is -0.350 e. The van der Waals surface area contributed by atoms with E-state index in [0.717, 1.165) is 15.2 Å². The fourth-order valence-electron chi connectivity index (χ4n) is 2.76. The van der Waals surface area contributed by atoms with Crippen molar-refractivity contribution >= 4 is 37.3 Å². The van der Waals surface area contributed by atoms with Crippen molar-refractivity contribution in [1.29, 1.82) is 0 Å². The predicted molar refractivity (Wildman–Crippen MR) is 87.8 cm³/mol. The standard InChI is InChI=1S/C15H18N2O3S2/c1-15(8-9-22(19,20)10-15)17-13(18)6-7-14-16-11-4-2-3-5-12(11)21-14/h2-5H,6-10H2,1H3,(H,17,18). The molecule has 1 fully saturated rings. The fourth-order valence-corrected chi connectivity index (χ4v) is 5.82. The number of hydrogen-bond acceptors (Lipinski definition) is 5. The molecule has 0 saturated carbocycles. The number of amides is 1. The first-order valence-electron chi connectivity index (χ1n) is 7.21. The van der Waals surface area contributed by atoms with E-state index in [2.05, 4.69) is 10.3 Å². The molecule has 2 heterocycles. The van der Waals surface area contributed by atoms with Gasteiger partial charge in [0.2, 0.25) is 5.91 Å². The minimum atomic E-state index is -3.01. The van der Waals surface area contributed by atoms with Crippen LogP contribution in [0.3, 0.4) is 0 Å². The summed E-state index contributed by atoms with van der Waals surface area (Å²) in [5, 5.41) is 3.80. The SMILES string of the molecule is CC1(NC(=O)CCc2nc3ccccc3s2)CCS(=O)(=O)C1. The van der Waals surface area contributed by atoms with E-state index >= 15 is 0 Å². The normalized spacial score (nSPS) is 23.7. The van der Waals surface area contributed by atoms with Crippen LogP contribution in [0.15, 0.2) is 24.3 Å². The number of nitrogens with one attached hydrogen (secondary N) is 1. The maximum Gasteiger partial charge on any atom is 0.220 e. The quantitative estimate of drug-likeness (QED) is 0.924. The van der Waals surface area contributed by atoms with E-state index in [1.54, 1.807) is 18.3 Å². The molecule has 1 aliphatic heterocycles. The molecule has 1 amide bonds. The smallest absolute Gasteiger partial charge is 0.220 e. The van der Waals surface area contributed by atoms with Gasteiger partial charge < -0.3 is 5.32 Å². The molecule has 0 radical (unpaired) electrons. The van der Waals surface area contributed by atoms with Crippen molar-refractivity contribution in [2.75, 3.05) is 11.5 Å². The number of fused-ring (bicyclic) bond motifs is 1. The molecule has 1 saturated heterocycles. The van der Waals surface area contributed by atoms with Gasteiger partial charge in [-0.15, -0.1) is 11.3 Å². The summed E-state index contributed by atoms with van der Waals surface area (Å²) in [5.41, 5.74) is 0.334. The molecule has 0 spiro atoms. The van der Waals surface area contributed by atoms with Crippen molar-refractivity contribution in [1.82, 2.24) is 10.3 Å². The lowest BCUT2D eigenvalue weighted by Gasteiger charge is -2.23. The van der Waals surface area contributed by atoms with Crippen LogP contribution in [0.4, 0.5) is 0 Å². The second kappa shape index (κ2) is 5.62. The molecule has 0 bridgehead atoms. The van der Waals surface area contributed by atoms with Crippen LogP contribution < -0.4 is 5.32 Å². The molecular formula is C15H18N2O3S2. The molecule has 118 valence electrons. The van der Waals surface area contributed by atoms with Gasteiger partial charge in [-0.25, -0.2) is 13.4 Å². The first-order valence-corrected chi connectivity index (χ1v) is 9.85. The lowest BCUT2D eigenvalue weighted by molar-refractivity contribution is -0.122. The van der Waals surface area contributed by atoms with Gasteiger partial charge in [0.25, 0.3) is 0 Å². The maximum atomic E-state index is 12.1. The summed E-state index contributed by atoms with van der Waals surface area (Å²) in [6.07, 6.45) is 1.39. The van der Waals surface area contributed by atoms with Gasteiger partial charge in [-0.2, -0.15) is 0 Å². The highest BCUT2D eigenvalue weighted by Crippen LogP contribution is 2.24. The number of aromatic nitrogens is 1. The van der Waals surface area contributed by atoms with Crippen LogP contribution >= 0.6 is 11.3 Å². The average molecular weight is 338 g/mol.